The van der Waals surface area contributed by atoms with E-state index in [4.69, 9.17) is 0 Å². The molecule has 1 heterocycles. The maximum Gasteiger partial charge on any atom is 0.243 e. The molecule has 6 heteroatoms. The Hall–Kier alpha value is -3.67. The second-order valence-electron chi connectivity index (χ2n) is 7.93. The van der Waals surface area contributed by atoms with Crippen LogP contribution in [0.2, 0.25) is 0 Å². The summed E-state index contributed by atoms with van der Waals surface area (Å²) in [6, 6.07) is 18.0. The fourth-order valence-electron chi connectivity index (χ4n) is 3.43. The summed E-state index contributed by atoms with van der Waals surface area (Å²) in [7, 11) is 0. The van der Waals surface area contributed by atoms with Gasteiger partial charge in [0, 0.05) is 24.2 Å². The minimum absolute atomic E-state index is 0.0764. The lowest BCUT2D eigenvalue weighted by Crippen LogP contribution is -2.19. The molecule has 3 N–H and O–H groups in total. The van der Waals surface area contributed by atoms with Gasteiger partial charge < -0.3 is 10.6 Å². The number of carbonyl (C=O) groups is 2. The first-order valence-corrected chi connectivity index (χ1v) is 10.5. The molecule has 31 heavy (non-hydrogen) atoms. The standard InChI is InChI=1S/C25H26N4O2/c1-3-24(30)26-15-17-4-6-19(7-5-17)20-10-8-18(9-11-20)16(2)25(31)27-23-14-22(28-29-23)21-12-13-21/h3-11,14,16,21H,1,12-13,15H2,2H3,(H,26,30)(H2,27,28,29,31)/t16-/m0/s1. The van der Waals surface area contributed by atoms with Gasteiger partial charge in [0.2, 0.25) is 11.8 Å². The second kappa shape index (κ2) is 9.00. The van der Waals surface area contributed by atoms with E-state index in [1.807, 2.05) is 61.5 Å². The molecule has 158 valence electrons. The maximum absolute atomic E-state index is 12.6. The van der Waals surface area contributed by atoms with Crippen molar-refractivity contribution in [3.63, 3.8) is 0 Å². The van der Waals surface area contributed by atoms with Crippen molar-refractivity contribution in [2.24, 2.45) is 0 Å². The number of hydrogen-bond donors (Lipinski definition) is 3. The van der Waals surface area contributed by atoms with Gasteiger partial charge in [0.15, 0.2) is 5.82 Å². The molecule has 0 aliphatic heterocycles. The average molecular weight is 415 g/mol. The summed E-state index contributed by atoms with van der Waals surface area (Å²) >= 11 is 0. The summed E-state index contributed by atoms with van der Waals surface area (Å²) in [5.41, 5.74) is 5.21. The van der Waals surface area contributed by atoms with Crippen LogP contribution in [0.3, 0.4) is 0 Å². The van der Waals surface area contributed by atoms with Gasteiger partial charge in [-0.25, -0.2) is 0 Å². The summed E-state index contributed by atoms with van der Waals surface area (Å²) in [4.78, 5) is 23.9. The third-order valence-electron chi connectivity index (χ3n) is 5.61. The third-order valence-corrected chi connectivity index (χ3v) is 5.61. The van der Waals surface area contributed by atoms with E-state index < -0.39 is 0 Å². The number of nitrogens with one attached hydrogen (secondary N) is 3. The first-order valence-electron chi connectivity index (χ1n) is 10.5. The van der Waals surface area contributed by atoms with Gasteiger partial charge in [-0.3, -0.25) is 14.7 Å². The van der Waals surface area contributed by atoms with Gasteiger partial charge in [-0.15, -0.1) is 0 Å². The summed E-state index contributed by atoms with van der Waals surface area (Å²) in [6.07, 6.45) is 3.64. The van der Waals surface area contributed by atoms with Gasteiger partial charge in [0.05, 0.1) is 5.92 Å². The van der Waals surface area contributed by atoms with Crippen LogP contribution in [-0.4, -0.2) is 22.0 Å². The first kappa shape index (κ1) is 20.6. The van der Waals surface area contributed by atoms with Crippen LogP contribution < -0.4 is 10.6 Å². The molecule has 0 radical (unpaired) electrons. The highest BCUT2D eigenvalue weighted by Crippen LogP contribution is 2.39. The van der Waals surface area contributed by atoms with Gasteiger partial charge in [-0.05, 0) is 48.1 Å². The molecular weight excluding hydrogens is 388 g/mol. The van der Waals surface area contributed by atoms with Crippen molar-refractivity contribution in [2.75, 3.05) is 5.32 Å². The molecular formula is C25H26N4O2. The fourth-order valence-corrected chi connectivity index (χ4v) is 3.43. The number of carbonyl (C=O) groups excluding carboxylic acids is 2. The smallest absolute Gasteiger partial charge is 0.243 e. The van der Waals surface area contributed by atoms with E-state index in [0.717, 1.165) is 27.9 Å². The van der Waals surface area contributed by atoms with E-state index in [1.54, 1.807) is 0 Å². The van der Waals surface area contributed by atoms with Crippen molar-refractivity contribution >= 4 is 17.6 Å². The number of hydrogen-bond acceptors (Lipinski definition) is 3. The predicted molar refractivity (Wildman–Crippen MR) is 122 cm³/mol. The van der Waals surface area contributed by atoms with E-state index in [-0.39, 0.29) is 17.7 Å². The summed E-state index contributed by atoms with van der Waals surface area (Å²) in [5, 5.41) is 12.9. The molecule has 1 aromatic heterocycles. The zero-order chi connectivity index (χ0) is 21.8. The minimum atomic E-state index is -0.286. The van der Waals surface area contributed by atoms with Crippen LogP contribution >= 0.6 is 0 Å². The number of nitrogens with zero attached hydrogens (tertiary/aromatic N) is 1. The van der Waals surface area contributed by atoms with Crippen LogP contribution in [-0.2, 0) is 16.1 Å². The van der Waals surface area contributed by atoms with Gasteiger partial charge in [0.25, 0.3) is 0 Å². The van der Waals surface area contributed by atoms with E-state index in [9.17, 15) is 9.59 Å². The van der Waals surface area contributed by atoms with Crippen molar-refractivity contribution in [1.29, 1.82) is 0 Å². The molecule has 0 unspecified atom stereocenters. The van der Waals surface area contributed by atoms with Gasteiger partial charge in [-0.2, -0.15) is 5.10 Å². The normalized spacial score (nSPS) is 14.0. The lowest BCUT2D eigenvalue weighted by atomic mass is 9.96. The number of benzene rings is 2. The first-order chi connectivity index (χ1) is 15.0. The van der Waals surface area contributed by atoms with Crippen LogP contribution in [0.4, 0.5) is 5.82 Å². The zero-order valence-corrected chi connectivity index (χ0v) is 17.5. The Bertz CT molecular complexity index is 1080. The molecule has 1 aliphatic rings. The maximum atomic E-state index is 12.6. The summed E-state index contributed by atoms with van der Waals surface area (Å²) in [5.74, 6) is 0.606. The molecule has 0 spiro atoms. The Morgan fingerprint density at radius 3 is 2.39 bits per heavy atom. The monoisotopic (exact) mass is 414 g/mol. The van der Waals surface area contributed by atoms with Crippen molar-refractivity contribution in [3.05, 3.63) is 84.1 Å². The van der Waals surface area contributed by atoms with E-state index in [2.05, 4.69) is 27.4 Å². The van der Waals surface area contributed by atoms with Crippen LogP contribution in [0.25, 0.3) is 11.1 Å². The molecule has 2 amide bonds. The molecule has 1 fully saturated rings. The molecule has 3 aromatic rings. The van der Waals surface area contributed by atoms with Crippen molar-refractivity contribution < 1.29 is 9.59 Å². The minimum Gasteiger partial charge on any atom is -0.348 e. The Balaban J connectivity index is 1.36. The van der Waals surface area contributed by atoms with Gasteiger partial charge in [-0.1, -0.05) is 55.1 Å². The topological polar surface area (TPSA) is 86.9 Å². The molecule has 1 atom stereocenters. The predicted octanol–water partition coefficient (Wildman–Crippen LogP) is 4.50. The number of H-pyrrole nitrogens is 1. The van der Waals surface area contributed by atoms with Gasteiger partial charge in [0.1, 0.15) is 0 Å². The molecule has 0 saturated heterocycles. The van der Waals surface area contributed by atoms with Crippen LogP contribution in [0.1, 0.15) is 48.4 Å². The fraction of sp³-hybridized carbons (Fsp3) is 0.240. The quantitative estimate of drug-likeness (QED) is 0.474. The Kier molecular flexibility index (Phi) is 5.98. The molecule has 1 aliphatic carbocycles. The number of aromatic nitrogens is 2. The molecule has 1 saturated carbocycles. The summed E-state index contributed by atoms with van der Waals surface area (Å²) < 4.78 is 0. The highest BCUT2D eigenvalue weighted by molar-refractivity contribution is 5.95. The summed E-state index contributed by atoms with van der Waals surface area (Å²) in [6.45, 7) is 5.81. The number of amides is 2. The molecule has 0 bridgehead atoms. The van der Waals surface area contributed by atoms with E-state index >= 15 is 0 Å². The highest BCUT2D eigenvalue weighted by atomic mass is 16.2. The largest absolute Gasteiger partial charge is 0.348 e. The SMILES string of the molecule is C=CC(=O)NCc1ccc(-c2ccc([C@H](C)C(=O)Nc3cc(C4CC4)[nH]n3)cc2)cc1. The van der Waals surface area contributed by atoms with E-state index in [0.29, 0.717) is 18.3 Å². The van der Waals surface area contributed by atoms with Crippen molar-refractivity contribution in [2.45, 2.75) is 38.1 Å². The lowest BCUT2D eigenvalue weighted by Gasteiger charge is -2.12. The lowest BCUT2D eigenvalue weighted by molar-refractivity contribution is -0.117. The van der Waals surface area contributed by atoms with Crippen molar-refractivity contribution in [3.8, 4) is 11.1 Å². The Morgan fingerprint density at radius 2 is 1.77 bits per heavy atom. The second-order valence-corrected chi connectivity index (χ2v) is 7.93. The average Bonchev–Trinajstić information content (AvgIpc) is 3.56. The highest BCUT2D eigenvalue weighted by Gasteiger charge is 2.26. The number of aromatic amines is 1. The number of anilines is 1. The van der Waals surface area contributed by atoms with E-state index in [1.165, 1.54) is 18.9 Å². The number of rotatable bonds is 8. The molecule has 2 aromatic carbocycles. The van der Waals surface area contributed by atoms with Gasteiger partial charge >= 0.3 is 0 Å². The zero-order valence-electron chi connectivity index (χ0n) is 17.5. The van der Waals surface area contributed by atoms with Crippen LogP contribution in [0.5, 0.6) is 0 Å². The Morgan fingerprint density at radius 1 is 1.13 bits per heavy atom. The molecule has 6 nitrogen and oxygen atoms in total. The van der Waals surface area contributed by atoms with Crippen molar-refractivity contribution in [1.82, 2.24) is 15.5 Å². The van der Waals surface area contributed by atoms with Crippen LogP contribution in [0, 0.1) is 0 Å². The third kappa shape index (κ3) is 5.09. The van der Waals surface area contributed by atoms with Crippen LogP contribution in [0.15, 0.2) is 67.3 Å². The Labute approximate surface area is 181 Å². The molecule has 4 rings (SSSR count).